The SMILES string of the molecule is CCN1CCN(C(c2cc3ccc(OC)cc3[nH]c2=O)c2nnnn2C2CCCCC2)CC1. The van der Waals surface area contributed by atoms with E-state index in [-0.39, 0.29) is 11.6 Å². The molecule has 1 atom stereocenters. The fraction of sp³-hybridized carbons (Fsp3) is 0.583. The molecule has 3 aromatic rings. The third-order valence-corrected chi connectivity index (χ3v) is 7.28. The van der Waals surface area contributed by atoms with Gasteiger partial charge in [0.15, 0.2) is 5.82 Å². The first-order chi connectivity index (χ1) is 16.2. The number of pyridine rings is 1. The molecule has 3 heterocycles. The zero-order valence-electron chi connectivity index (χ0n) is 19.5. The maximum absolute atomic E-state index is 13.4. The van der Waals surface area contributed by atoms with Crippen LogP contribution in [0.2, 0.25) is 0 Å². The Morgan fingerprint density at radius 2 is 1.91 bits per heavy atom. The van der Waals surface area contributed by atoms with Crippen molar-refractivity contribution in [2.45, 2.75) is 51.1 Å². The van der Waals surface area contributed by atoms with E-state index < -0.39 is 0 Å². The summed E-state index contributed by atoms with van der Waals surface area (Å²) < 4.78 is 7.34. The largest absolute Gasteiger partial charge is 0.497 e. The summed E-state index contributed by atoms with van der Waals surface area (Å²) in [6, 6.07) is 7.80. The van der Waals surface area contributed by atoms with E-state index in [2.05, 4.69) is 37.2 Å². The number of hydrogen-bond donors (Lipinski definition) is 1. The third kappa shape index (κ3) is 4.39. The average Bonchev–Trinajstić information content (AvgIpc) is 3.34. The van der Waals surface area contributed by atoms with Gasteiger partial charge in [0.2, 0.25) is 0 Å². The minimum atomic E-state index is -0.281. The molecule has 5 rings (SSSR count). The van der Waals surface area contributed by atoms with Gasteiger partial charge in [-0.2, -0.15) is 0 Å². The molecule has 1 aliphatic carbocycles. The molecule has 2 aromatic heterocycles. The zero-order chi connectivity index (χ0) is 22.8. The quantitative estimate of drug-likeness (QED) is 0.616. The van der Waals surface area contributed by atoms with E-state index in [4.69, 9.17) is 4.74 Å². The number of H-pyrrole nitrogens is 1. The zero-order valence-corrected chi connectivity index (χ0v) is 19.5. The summed E-state index contributed by atoms with van der Waals surface area (Å²) in [4.78, 5) is 21.3. The molecule has 2 fully saturated rings. The van der Waals surface area contributed by atoms with Gasteiger partial charge in [-0.25, -0.2) is 4.68 Å². The standard InChI is InChI=1S/C24H33N7O2/c1-3-29-11-13-30(14-12-29)22(23-26-27-28-31(23)18-7-5-4-6-8-18)20-15-17-9-10-19(33-2)16-21(17)25-24(20)32/h9-10,15-16,18,22H,3-8,11-14H2,1-2H3,(H,25,32). The molecular weight excluding hydrogens is 418 g/mol. The van der Waals surface area contributed by atoms with Crippen LogP contribution in [0.25, 0.3) is 10.9 Å². The highest BCUT2D eigenvalue weighted by Crippen LogP contribution is 2.33. The minimum absolute atomic E-state index is 0.100. The number of nitrogens with zero attached hydrogens (tertiary/aromatic N) is 6. The molecule has 9 nitrogen and oxygen atoms in total. The number of ether oxygens (including phenoxy) is 1. The number of aromatic nitrogens is 5. The van der Waals surface area contributed by atoms with Gasteiger partial charge in [0, 0.05) is 37.8 Å². The van der Waals surface area contributed by atoms with E-state index in [1.54, 1.807) is 7.11 Å². The predicted octanol–water partition coefficient (Wildman–Crippen LogP) is 2.76. The summed E-state index contributed by atoms with van der Waals surface area (Å²) in [5.74, 6) is 1.50. The molecule has 9 heteroatoms. The number of rotatable bonds is 6. The fourth-order valence-electron chi connectivity index (χ4n) is 5.33. The van der Waals surface area contributed by atoms with Crippen LogP contribution >= 0.6 is 0 Å². The Balaban J connectivity index is 1.59. The van der Waals surface area contributed by atoms with Gasteiger partial charge in [-0.05, 0) is 53.4 Å². The van der Waals surface area contributed by atoms with Crippen LogP contribution in [0.15, 0.2) is 29.1 Å². The van der Waals surface area contributed by atoms with Crippen LogP contribution in [0.4, 0.5) is 0 Å². The van der Waals surface area contributed by atoms with Crippen LogP contribution in [-0.4, -0.2) is 74.8 Å². The van der Waals surface area contributed by atoms with Crippen molar-refractivity contribution in [2.75, 3.05) is 39.8 Å². The van der Waals surface area contributed by atoms with E-state index in [9.17, 15) is 4.79 Å². The number of piperazine rings is 1. The molecule has 33 heavy (non-hydrogen) atoms. The molecule has 0 radical (unpaired) electrons. The Kier molecular flexibility index (Phi) is 6.41. The molecule has 0 bridgehead atoms. The molecule has 1 N–H and O–H groups in total. The molecule has 0 spiro atoms. The van der Waals surface area contributed by atoms with E-state index in [1.807, 2.05) is 28.9 Å². The lowest BCUT2D eigenvalue weighted by atomic mass is 9.95. The fourth-order valence-corrected chi connectivity index (χ4v) is 5.33. The molecule has 1 aromatic carbocycles. The van der Waals surface area contributed by atoms with Crippen molar-refractivity contribution in [3.8, 4) is 5.75 Å². The molecular formula is C24H33N7O2. The summed E-state index contributed by atoms with van der Waals surface area (Å²) in [5, 5.41) is 14.0. The number of tetrazole rings is 1. The van der Waals surface area contributed by atoms with Crippen molar-refractivity contribution in [3.63, 3.8) is 0 Å². The maximum Gasteiger partial charge on any atom is 0.253 e. The van der Waals surface area contributed by atoms with Gasteiger partial charge in [0.25, 0.3) is 5.56 Å². The third-order valence-electron chi connectivity index (χ3n) is 7.28. The molecule has 1 unspecified atom stereocenters. The number of benzene rings is 1. The normalized spacial score (nSPS) is 19.7. The predicted molar refractivity (Wildman–Crippen MR) is 127 cm³/mol. The van der Waals surface area contributed by atoms with E-state index in [1.165, 1.54) is 19.3 Å². The number of hydrogen-bond acceptors (Lipinski definition) is 7. The first-order valence-electron chi connectivity index (χ1n) is 12.1. The second-order valence-electron chi connectivity index (χ2n) is 9.15. The second-order valence-corrected chi connectivity index (χ2v) is 9.15. The van der Waals surface area contributed by atoms with Gasteiger partial charge in [0.1, 0.15) is 11.8 Å². The second kappa shape index (κ2) is 9.61. The van der Waals surface area contributed by atoms with Crippen molar-refractivity contribution < 1.29 is 4.74 Å². The highest BCUT2D eigenvalue weighted by Gasteiger charge is 2.34. The summed E-state index contributed by atoms with van der Waals surface area (Å²) >= 11 is 0. The smallest absolute Gasteiger partial charge is 0.253 e. The van der Waals surface area contributed by atoms with Crippen molar-refractivity contribution >= 4 is 10.9 Å². The molecule has 1 saturated carbocycles. The highest BCUT2D eigenvalue weighted by molar-refractivity contribution is 5.80. The van der Waals surface area contributed by atoms with Crippen LogP contribution in [0, 0.1) is 0 Å². The first-order valence-corrected chi connectivity index (χ1v) is 12.1. The Morgan fingerprint density at radius 1 is 1.12 bits per heavy atom. The summed E-state index contributed by atoms with van der Waals surface area (Å²) in [7, 11) is 1.63. The lowest BCUT2D eigenvalue weighted by Gasteiger charge is -2.38. The molecule has 0 amide bonds. The van der Waals surface area contributed by atoms with Gasteiger partial charge >= 0.3 is 0 Å². The van der Waals surface area contributed by atoms with Gasteiger partial charge in [-0.3, -0.25) is 9.69 Å². The number of fused-ring (bicyclic) bond motifs is 1. The van der Waals surface area contributed by atoms with E-state index >= 15 is 0 Å². The lowest BCUT2D eigenvalue weighted by Crippen LogP contribution is -2.49. The number of nitrogens with one attached hydrogen (secondary N) is 1. The highest BCUT2D eigenvalue weighted by atomic mass is 16.5. The Bertz CT molecular complexity index is 1140. The van der Waals surface area contributed by atoms with E-state index in [0.29, 0.717) is 11.6 Å². The maximum atomic E-state index is 13.4. The minimum Gasteiger partial charge on any atom is -0.497 e. The summed E-state index contributed by atoms with van der Waals surface area (Å²) in [5.41, 5.74) is 1.37. The van der Waals surface area contributed by atoms with Gasteiger partial charge < -0.3 is 14.6 Å². The average molecular weight is 452 g/mol. The Morgan fingerprint density at radius 3 is 2.64 bits per heavy atom. The molecule has 1 saturated heterocycles. The first kappa shape index (κ1) is 22.0. The Labute approximate surface area is 193 Å². The van der Waals surface area contributed by atoms with Crippen LogP contribution < -0.4 is 10.3 Å². The number of likely N-dealkylation sites (N-methyl/N-ethyl adjacent to an activating group) is 1. The monoisotopic (exact) mass is 451 g/mol. The molecule has 1 aliphatic heterocycles. The van der Waals surface area contributed by atoms with Crippen LogP contribution in [-0.2, 0) is 0 Å². The summed E-state index contributed by atoms with van der Waals surface area (Å²) in [6.45, 7) is 6.92. The van der Waals surface area contributed by atoms with Crippen molar-refractivity contribution in [1.29, 1.82) is 0 Å². The number of methoxy groups -OCH3 is 1. The molecule has 2 aliphatic rings. The van der Waals surface area contributed by atoms with Gasteiger partial charge in [-0.1, -0.05) is 26.2 Å². The van der Waals surface area contributed by atoms with Crippen molar-refractivity contribution in [3.05, 3.63) is 46.0 Å². The van der Waals surface area contributed by atoms with E-state index in [0.717, 1.165) is 68.0 Å². The van der Waals surface area contributed by atoms with Crippen molar-refractivity contribution in [2.24, 2.45) is 0 Å². The van der Waals surface area contributed by atoms with Gasteiger partial charge in [0.05, 0.1) is 18.7 Å². The topological polar surface area (TPSA) is 92.2 Å². The van der Waals surface area contributed by atoms with Gasteiger partial charge in [-0.15, -0.1) is 5.10 Å². The lowest BCUT2D eigenvalue weighted by molar-refractivity contribution is 0.106. The van der Waals surface area contributed by atoms with Crippen LogP contribution in [0.3, 0.4) is 0 Å². The van der Waals surface area contributed by atoms with Crippen LogP contribution in [0.1, 0.15) is 62.5 Å². The summed E-state index contributed by atoms with van der Waals surface area (Å²) in [6.07, 6.45) is 5.83. The Hall–Kier alpha value is -2.78. The van der Waals surface area contributed by atoms with Crippen LogP contribution in [0.5, 0.6) is 5.75 Å². The number of aromatic amines is 1. The molecule has 176 valence electrons. The van der Waals surface area contributed by atoms with Crippen molar-refractivity contribution in [1.82, 2.24) is 35.0 Å².